The van der Waals surface area contributed by atoms with E-state index < -0.39 is 0 Å². The molecule has 0 amide bonds. The maximum absolute atomic E-state index is 6.28. The van der Waals surface area contributed by atoms with Crippen LogP contribution in [0, 0.1) is 0 Å². The molecule has 0 radical (unpaired) electrons. The normalized spacial score (nSPS) is 12.7. The van der Waals surface area contributed by atoms with Crippen LogP contribution >= 0.6 is 43.5 Å². The number of benzene rings is 1. The van der Waals surface area contributed by atoms with E-state index >= 15 is 0 Å². The molecule has 2 nitrogen and oxygen atoms in total. The lowest BCUT2D eigenvalue weighted by atomic mass is 10.0. The van der Waals surface area contributed by atoms with Crippen molar-refractivity contribution in [3.8, 4) is 0 Å². The highest BCUT2D eigenvalue weighted by Crippen LogP contribution is 2.34. The van der Waals surface area contributed by atoms with Crippen molar-refractivity contribution in [3.05, 3.63) is 55.8 Å². The van der Waals surface area contributed by atoms with Crippen LogP contribution in [0.25, 0.3) is 0 Å². The second kappa shape index (κ2) is 5.57. The molecule has 2 rings (SSSR count). The molecule has 0 aliphatic carbocycles. The van der Waals surface area contributed by atoms with E-state index in [0.717, 1.165) is 15.8 Å². The molecule has 17 heavy (non-hydrogen) atoms. The minimum Gasteiger partial charge on any atom is -0.452 e. The second-order valence-electron chi connectivity index (χ2n) is 3.51. The van der Waals surface area contributed by atoms with E-state index in [-0.39, 0.29) is 6.04 Å². The lowest BCUT2D eigenvalue weighted by molar-refractivity contribution is 0.447. The van der Waals surface area contributed by atoms with Crippen LogP contribution in [0.3, 0.4) is 0 Å². The molecule has 1 aromatic carbocycles. The fraction of sp³-hybridized carbons (Fsp3) is 0.167. The largest absolute Gasteiger partial charge is 0.452 e. The van der Waals surface area contributed by atoms with Gasteiger partial charge in [-0.15, -0.1) is 0 Å². The number of hydrogen-bond acceptors (Lipinski definition) is 2. The van der Waals surface area contributed by atoms with Gasteiger partial charge in [-0.3, -0.25) is 0 Å². The Hall–Kier alpha value is -0.290. The summed E-state index contributed by atoms with van der Waals surface area (Å²) < 4.78 is 7.15. The van der Waals surface area contributed by atoms with E-state index in [1.165, 1.54) is 0 Å². The van der Waals surface area contributed by atoms with Crippen molar-refractivity contribution in [1.29, 1.82) is 0 Å². The first kappa shape index (κ1) is 13.1. The Morgan fingerprint density at radius 3 is 2.59 bits per heavy atom. The Labute approximate surface area is 122 Å². The van der Waals surface area contributed by atoms with Crippen molar-refractivity contribution in [2.24, 2.45) is 0 Å². The van der Waals surface area contributed by atoms with Crippen molar-refractivity contribution in [2.45, 2.75) is 6.04 Å². The van der Waals surface area contributed by atoms with Crippen molar-refractivity contribution in [1.82, 2.24) is 5.32 Å². The van der Waals surface area contributed by atoms with E-state index in [2.05, 4.69) is 37.2 Å². The summed E-state index contributed by atoms with van der Waals surface area (Å²) in [4.78, 5) is 0. The Morgan fingerprint density at radius 1 is 1.24 bits per heavy atom. The number of nitrogens with one attached hydrogen (secondary N) is 1. The molecule has 1 heterocycles. The summed E-state index contributed by atoms with van der Waals surface area (Å²) in [7, 11) is 1.87. The molecule has 0 bridgehead atoms. The molecule has 0 saturated carbocycles. The Bertz CT molecular complexity index is 527. The summed E-state index contributed by atoms with van der Waals surface area (Å²) in [5.74, 6) is 0.819. The van der Waals surface area contributed by atoms with Gasteiger partial charge in [-0.25, -0.2) is 0 Å². The predicted molar refractivity (Wildman–Crippen MR) is 76.5 cm³/mol. The number of halogens is 3. The molecule has 90 valence electrons. The summed E-state index contributed by atoms with van der Waals surface area (Å²) in [6, 6.07) is 9.56. The zero-order valence-corrected chi connectivity index (χ0v) is 12.9. The average Bonchev–Trinajstić information content (AvgIpc) is 2.72. The van der Waals surface area contributed by atoms with E-state index in [0.29, 0.717) is 9.69 Å². The van der Waals surface area contributed by atoms with Crippen LogP contribution in [0.1, 0.15) is 17.4 Å². The fourth-order valence-electron chi connectivity index (χ4n) is 1.68. The smallest absolute Gasteiger partial charge is 0.169 e. The van der Waals surface area contributed by atoms with Gasteiger partial charge < -0.3 is 9.73 Å². The van der Waals surface area contributed by atoms with Gasteiger partial charge in [0.1, 0.15) is 5.76 Å². The third kappa shape index (κ3) is 2.76. The van der Waals surface area contributed by atoms with E-state index in [1.54, 1.807) is 0 Å². The fourth-order valence-corrected chi connectivity index (χ4v) is 2.61. The van der Waals surface area contributed by atoms with Crippen LogP contribution < -0.4 is 5.32 Å². The Kier molecular flexibility index (Phi) is 4.31. The van der Waals surface area contributed by atoms with Crippen molar-refractivity contribution in [2.75, 3.05) is 7.05 Å². The second-order valence-corrected chi connectivity index (χ2v) is 5.52. The van der Waals surface area contributed by atoms with Gasteiger partial charge in [-0.2, -0.15) is 0 Å². The van der Waals surface area contributed by atoms with Gasteiger partial charge in [0.05, 0.1) is 11.1 Å². The molecule has 0 aliphatic heterocycles. The summed E-state index contributed by atoms with van der Waals surface area (Å²) in [6.45, 7) is 0. The molecule has 0 spiro atoms. The molecule has 1 atom stereocenters. The maximum atomic E-state index is 6.28. The first-order valence-electron chi connectivity index (χ1n) is 5.00. The molecule has 2 aromatic rings. The highest BCUT2D eigenvalue weighted by atomic mass is 79.9. The van der Waals surface area contributed by atoms with Crippen LogP contribution in [-0.4, -0.2) is 7.05 Å². The first-order valence-corrected chi connectivity index (χ1v) is 6.96. The molecule has 1 N–H and O–H groups in total. The van der Waals surface area contributed by atoms with Crippen LogP contribution in [0.5, 0.6) is 0 Å². The SMILES string of the molecule is CNC(c1ccc(Br)o1)c1cccc(Br)c1Cl. The molecular formula is C12H10Br2ClNO. The Balaban J connectivity index is 2.45. The van der Waals surface area contributed by atoms with Crippen LogP contribution in [0.15, 0.2) is 43.9 Å². The van der Waals surface area contributed by atoms with Gasteiger partial charge >= 0.3 is 0 Å². The third-order valence-electron chi connectivity index (χ3n) is 2.46. The first-order chi connectivity index (χ1) is 8.13. The van der Waals surface area contributed by atoms with Crippen molar-refractivity contribution < 1.29 is 4.42 Å². The van der Waals surface area contributed by atoms with E-state index in [9.17, 15) is 0 Å². The van der Waals surface area contributed by atoms with Crippen LogP contribution in [0.2, 0.25) is 5.02 Å². The molecule has 0 saturated heterocycles. The monoisotopic (exact) mass is 377 g/mol. The standard InChI is InChI=1S/C12H10Br2ClNO/c1-16-12(9-5-6-10(14)17-9)7-3-2-4-8(13)11(7)15/h2-6,12,16H,1H3. The molecule has 5 heteroatoms. The van der Waals surface area contributed by atoms with Crippen molar-refractivity contribution in [3.63, 3.8) is 0 Å². The minimum atomic E-state index is -0.0636. The number of furan rings is 1. The lowest BCUT2D eigenvalue weighted by Gasteiger charge is -2.16. The highest BCUT2D eigenvalue weighted by molar-refractivity contribution is 9.10. The van der Waals surface area contributed by atoms with Gasteiger partial charge in [0, 0.05) is 4.47 Å². The molecular weight excluding hydrogens is 369 g/mol. The van der Waals surface area contributed by atoms with Gasteiger partial charge in [0.25, 0.3) is 0 Å². The minimum absolute atomic E-state index is 0.0636. The average molecular weight is 379 g/mol. The van der Waals surface area contributed by atoms with Gasteiger partial charge in [0.15, 0.2) is 4.67 Å². The molecule has 0 aliphatic rings. The van der Waals surface area contributed by atoms with Crippen LogP contribution in [-0.2, 0) is 0 Å². The highest BCUT2D eigenvalue weighted by Gasteiger charge is 2.19. The quantitative estimate of drug-likeness (QED) is 0.831. The number of rotatable bonds is 3. The summed E-state index contributed by atoms with van der Waals surface area (Å²) in [6.07, 6.45) is 0. The molecule has 1 aromatic heterocycles. The summed E-state index contributed by atoms with van der Waals surface area (Å²) in [5, 5.41) is 3.89. The lowest BCUT2D eigenvalue weighted by Crippen LogP contribution is -2.17. The predicted octanol–water partition coefficient (Wildman–Crippen LogP) is 4.77. The van der Waals surface area contributed by atoms with Gasteiger partial charge in [0.2, 0.25) is 0 Å². The van der Waals surface area contributed by atoms with E-state index in [1.807, 2.05) is 37.4 Å². The Morgan fingerprint density at radius 2 is 2.00 bits per heavy atom. The van der Waals surface area contributed by atoms with Crippen molar-refractivity contribution >= 4 is 43.5 Å². The van der Waals surface area contributed by atoms with Gasteiger partial charge in [-0.05, 0) is 62.7 Å². The summed E-state index contributed by atoms with van der Waals surface area (Å²) >= 11 is 13.0. The molecule has 0 fully saturated rings. The van der Waals surface area contributed by atoms with Gasteiger partial charge in [-0.1, -0.05) is 23.7 Å². The summed E-state index contributed by atoms with van der Waals surface area (Å²) in [5.41, 5.74) is 0.977. The van der Waals surface area contributed by atoms with E-state index in [4.69, 9.17) is 16.0 Å². The zero-order chi connectivity index (χ0) is 12.4. The number of hydrogen-bond donors (Lipinski definition) is 1. The zero-order valence-electron chi connectivity index (χ0n) is 9.01. The maximum Gasteiger partial charge on any atom is 0.169 e. The van der Waals surface area contributed by atoms with Crippen LogP contribution in [0.4, 0.5) is 0 Å². The topological polar surface area (TPSA) is 25.2 Å². The third-order valence-corrected chi connectivity index (χ3v) is 4.20. The molecule has 1 unspecified atom stereocenters.